The number of carbonyl (C=O) groups excluding carboxylic acids is 1. The van der Waals surface area contributed by atoms with Crippen LogP contribution in [0.5, 0.6) is 0 Å². The molecule has 0 bridgehead atoms. The molecule has 31 heavy (non-hydrogen) atoms. The van der Waals surface area contributed by atoms with Gasteiger partial charge in [-0.3, -0.25) is 9.89 Å². The second-order valence-corrected chi connectivity index (χ2v) is 9.21. The van der Waals surface area contributed by atoms with Crippen LogP contribution in [0, 0.1) is 11.7 Å². The number of fused-ring (bicyclic) bond motifs is 1. The van der Waals surface area contributed by atoms with Gasteiger partial charge in [0.25, 0.3) is 0 Å². The van der Waals surface area contributed by atoms with Gasteiger partial charge >= 0.3 is 0 Å². The number of hydrogen-bond acceptors (Lipinski definition) is 2. The van der Waals surface area contributed by atoms with Crippen LogP contribution in [0.4, 0.5) is 4.39 Å². The van der Waals surface area contributed by atoms with Crippen molar-refractivity contribution >= 4 is 29.1 Å². The lowest BCUT2D eigenvalue weighted by Gasteiger charge is -2.31. The van der Waals surface area contributed by atoms with Crippen molar-refractivity contribution in [3.63, 3.8) is 0 Å². The minimum Gasteiger partial charge on any atom is -0.339 e. The van der Waals surface area contributed by atoms with Gasteiger partial charge in [0.2, 0.25) is 5.91 Å². The Bertz CT molecular complexity index is 1110. The van der Waals surface area contributed by atoms with Crippen molar-refractivity contribution in [1.82, 2.24) is 15.1 Å². The Balaban J connectivity index is 1.31. The number of aryl methyl sites for hydroxylation is 1. The molecule has 160 valence electrons. The van der Waals surface area contributed by atoms with Gasteiger partial charge < -0.3 is 4.90 Å². The van der Waals surface area contributed by atoms with E-state index in [0.717, 1.165) is 54.6 Å². The molecular formula is C24H22Cl2FN3O. The number of nitrogens with zero attached hydrogens (tertiary/aromatic N) is 2. The zero-order valence-electron chi connectivity index (χ0n) is 16.9. The van der Waals surface area contributed by atoms with Gasteiger partial charge in [-0.1, -0.05) is 35.3 Å². The fourth-order valence-electron chi connectivity index (χ4n) is 4.83. The van der Waals surface area contributed by atoms with Crippen molar-refractivity contribution in [1.29, 1.82) is 0 Å². The Labute approximate surface area is 190 Å². The molecule has 1 amide bonds. The van der Waals surface area contributed by atoms with Gasteiger partial charge in [-0.15, -0.1) is 0 Å². The summed E-state index contributed by atoms with van der Waals surface area (Å²) in [5.74, 6) is -0.215. The van der Waals surface area contributed by atoms with E-state index in [1.807, 2.05) is 23.2 Å². The van der Waals surface area contributed by atoms with Crippen LogP contribution in [0.15, 0.2) is 42.6 Å². The Morgan fingerprint density at radius 1 is 1.10 bits per heavy atom. The van der Waals surface area contributed by atoms with Crippen molar-refractivity contribution in [2.45, 2.75) is 38.1 Å². The quantitative estimate of drug-likeness (QED) is 0.564. The van der Waals surface area contributed by atoms with E-state index in [-0.39, 0.29) is 23.7 Å². The summed E-state index contributed by atoms with van der Waals surface area (Å²) in [6, 6.07) is 10.1. The highest BCUT2D eigenvalue weighted by molar-refractivity contribution is 6.36. The first-order valence-corrected chi connectivity index (χ1v) is 11.3. The molecule has 4 nitrogen and oxygen atoms in total. The number of rotatable bonds is 4. The van der Waals surface area contributed by atoms with E-state index < -0.39 is 0 Å². The molecule has 1 fully saturated rings. The van der Waals surface area contributed by atoms with E-state index in [1.54, 1.807) is 12.1 Å². The predicted molar refractivity (Wildman–Crippen MR) is 120 cm³/mol. The van der Waals surface area contributed by atoms with E-state index in [9.17, 15) is 9.18 Å². The van der Waals surface area contributed by atoms with Gasteiger partial charge in [-0.25, -0.2) is 4.39 Å². The first-order valence-electron chi connectivity index (χ1n) is 10.6. The van der Waals surface area contributed by atoms with Crippen LogP contribution in [0.1, 0.15) is 29.7 Å². The monoisotopic (exact) mass is 457 g/mol. The van der Waals surface area contributed by atoms with Crippen LogP contribution < -0.4 is 0 Å². The highest BCUT2D eigenvalue weighted by Crippen LogP contribution is 2.36. The van der Waals surface area contributed by atoms with E-state index in [1.165, 1.54) is 17.7 Å². The molecule has 5 rings (SSSR count). The van der Waals surface area contributed by atoms with E-state index in [2.05, 4.69) is 10.2 Å². The largest absolute Gasteiger partial charge is 0.339 e. The average Bonchev–Trinajstić information content (AvgIpc) is 3.37. The summed E-state index contributed by atoms with van der Waals surface area (Å²) in [7, 11) is 0. The summed E-state index contributed by atoms with van der Waals surface area (Å²) in [5, 5.41) is 8.30. The molecular weight excluding hydrogens is 436 g/mol. The fourth-order valence-corrected chi connectivity index (χ4v) is 5.47. The molecule has 2 atom stereocenters. The maximum atomic E-state index is 13.2. The number of amides is 1. The number of carbonyl (C=O) groups is 1. The number of H-pyrrole nitrogens is 1. The van der Waals surface area contributed by atoms with Crippen LogP contribution in [0.3, 0.4) is 0 Å². The molecule has 1 aliphatic heterocycles. The molecule has 1 aromatic heterocycles. The molecule has 2 aliphatic rings. The zero-order chi connectivity index (χ0) is 21.5. The first-order chi connectivity index (χ1) is 15.0. The van der Waals surface area contributed by atoms with Crippen LogP contribution >= 0.6 is 23.2 Å². The van der Waals surface area contributed by atoms with E-state index >= 15 is 0 Å². The number of likely N-dealkylation sites (tertiary alicyclic amines) is 1. The lowest BCUT2D eigenvalue weighted by molar-refractivity contribution is -0.133. The second-order valence-electron chi connectivity index (χ2n) is 8.40. The standard InChI is InChI=1S/C24H22Cl2FN3O/c25-21-11-16(14-1-3-18(27)4-2-14)12-22(26)20(21)10-15-7-8-30(24(15)31)19-5-6-23-17(9-19)13-28-29-23/h1-4,11-13,15,19H,5-10H2,(H,28,29)/t15-,19-/m0/s1. The minimum atomic E-state index is -0.288. The topological polar surface area (TPSA) is 49.0 Å². The second kappa shape index (κ2) is 8.29. The van der Waals surface area contributed by atoms with Crippen molar-refractivity contribution in [3.8, 4) is 11.1 Å². The Kier molecular flexibility index (Phi) is 5.49. The molecule has 0 unspecified atom stereocenters. The number of benzene rings is 2. The lowest BCUT2D eigenvalue weighted by Crippen LogP contribution is -2.41. The summed E-state index contributed by atoms with van der Waals surface area (Å²) in [4.78, 5) is 15.2. The van der Waals surface area contributed by atoms with Crippen molar-refractivity contribution < 1.29 is 9.18 Å². The van der Waals surface area contributed by atoms with Crippen molar-refractivity contribution in [3.05, 3.63) is 75.3 Å². The van der Waals surface area contributed by atoms with Crippen molar-refractivity contribution in [2.24, 2.45) is 5.92 Å². The van der Waals surface area contributed by atoms with Crippen LogP contribution in [-0.4, -0.2) is 33.6 Å². The third kappa shape index (κ3) is 3.97. The molecule has 1 aliphatic carbocycles. The first kappa shape index (κ1) is 20.5. The summed E-state index contributed by atoms with van der Waals surface area (Å²) >= 11 is 13.2. The maximum Gasteiger partial charge on any atom is 0.226 e. The molecule has 2 aromatic carbocycles. The fraction of sp³-hybridized carbons (Fsp3) is 0.333. The number of halogens is 3. The van der Waals surface area contributed by atoms with Crippen LogP contribution in [0.25, 0.3) is 11.1 Å². The molecule has 1 saturated heterocycles. The number of aromatic nitrogens is 2. The molecule has 7 heteroatoms. The summed E-state index contributed by atoms with van der Waals surface area (Å²) in [5.41, 5.74) is 4.82. The molecule has 0 spiro atoms. The maximum absolute atomic E-state index is 13.2. The smallest absolute Gasteiger partial charge is 0.226 e. The number of nitrogens with one attached hydrogen (secondary N) is 1. The summed E-state index contributed by atoms with van der Waals surface area (Å²) < 4.78 is 13.2. The molecule has 1 N–H and O–H groups in total. The average molecular weight is 458 g/mol. The van der Waals surface area contributed by atoms with Crippen LogP contribution in [-0.2, 0) is 24.1 Å². The number of aromatic amines is 1. The Morgan fingerprint density at radius 3 is 2.58 bits per heavy atom. The Hall–Kier alpha value is -2.37. The van der Waals surface area contributed by atoms with E-state index in [0.29, 0.717) is 16.5 Å². The predicted octanol–water partition coefficient (Wildman–Crippen LogP) is 5.47. The summed E-state index contributed by atoms with van der Waals surface area (Å²) in [6.07, 6.45) is 5.99. The van der Waals surface area contributed by atoms with Gasteiger partial charge in [0.15, 0.2) is 0 Å². The van der Waals surface area contributed by atoms with Crippen LogP contribution in [0.2, 0.25) is 10.0 Å². The van der Waals surface area contributed by atoms with Gasteiger partial charge in [-0.05, 0) is 78.6 Å². The normalized spacial score (nSPS) is 20.9. The van der Waals surface area contributed by atoms with Gasteiger partial charge in [0.1, 0.15) is 5.82 Å². The number of hydrogen-bond donors (Lipinski definition) is 1. The SMILES string of the molecule is O=C1[C@H](Cc2c(Cl)cc(-c3ccc(F)cc3)cc2Cl)CCN1[C@H]1CCc2n[nH]cc2C1. The molecule has 0 radical (unpaired) electrons. The highest BCUT2D eigenvalue weighted by Gasteiger charge is 2.38. The molecule has 3 aromatic rings. The third-order valence-electron chi connectivity index (χ3n) is 6.54. The zero-order valence-corrected chi connectivity index (χ0v) is 18.4. The van der Waals surface area contributed by atoms with Gasteiger partial charge in [0, 0.05) is 34.7 Å². The lowest BCUT2D eigenvalue weighted by atomic mass is 9.92. The minimum absolute atomic E-state index is 0.114. The third-order valence-corrected chi connectivity index (χ3v) is 7.21. The van der Waals surface area contributed by atoms with Gasteiger partial charge in [0.05, 0.1) is 5.69 Å². The highest BCUT2D eigenvalue weighted by atomic mass is 35.5. The summed E-state index contributed by atoms with van der Waals surface area (Å²) in [6.45, 7) is 0.768. The van der Waals surface area contributed by atoms with Gasteiger partial charge in [-0.2, -0.15) is 5.10 Å². The molecule has 0 saturated carbocycles. The van der Waals surface area contributed by atoms with Crippen molar-refractivity contribution in [2.75, 3.05) is 6.54 Å². The van der Waals surface area contributed by atoms with E-state index in [4.69, 9.17) is 23.2 Å². The molecule has 2 heterocycles. The Morgan fingerprint density at radius 2 is 1.84 bits per heavy atom.